The molecule has 0 saturated carbocycles. The normalized spacial score (nSPS) is 19.2. The summed E-state index contributed by atoms with van der Waals surface area (Å²) in [6.45, 7) is 3.14. The van der Waals surface area contributed by atoms with Crippen LogP contribution in [0, 0.1) is 0 Å². The quantitative estimate of drug-likeness (QED) is 0.540. The van der Waals surface area contributed by atoms with Crippen LogP contribution < -0.4 is 0 Å². The van der Waals surface area contributed by atoms with Gasteiger partial charge in [0.25, 0.3) is 0 Å². The maximum absolute atomic E-state index is 12.5. The average molecular weight is 398 g/mol. The van der Waals surface area contributed by atoms with Crippen molar-refractivity contribution in [1.29, 1.82) is 0 Å². The van der Waals surface area contributed by atoms with E-state index >= 15 is 0 Å². The molecule has 1 fully saturated rings. The molecule has 5 nitrogen and oxygen atoms in total. The second-order valence-corrected chi connectivity index (χ2v) is 19.5. The Morgan fingerprint density at radius 3 is 1.90 bits per heavy atom. The number of carbonyl (C=O) groups excluding carboxylic acids is 3. The molecule has 0 aromatic rings. The van der Waals surface area contributed by atoms with Gasteiger partial charge in [-0.3, -0.25) is 0 Å². The first-order valence-electron chi connectivity index (χ1n) is 7.09. The summed E-state index contributed by atoms with van der Waals surface area (Å²) in [5, 5.41) is 0. The number of allylic oxidation sites excluding steroid dienone is 2. The monoisotopic (exact) mass is 399 g/mol. The summed E-state index contributed by atoms with van der Waals surface area (Å²) < 4.78 is 5.55. The summed E-state index contributed by atoms with van der Waals surface area (Å²) in [6.07, 6.45) is 5.05. The van der Waals surface area contributed by atoms with E-state index in [9.17, 15) is 14.4 Å². The summed E-state index contributed by atoms with van der Waals surface area (Å²) in [5.41, 5.74) is -0.435. The molecule has 1 aliphatic carbocycles. The summed E-state index contributed by atoms with van der Waals surface area (Å²) >= 11 is -2.82. The second kappa shape index (κ2) is 5.26. The Morgan fingerprint density at radius 2 is 1.52 bits per heavy atom. The molecule has 1 heterocycles. The predicted octanol–water partition coefficient (Wildman–Crippen LogP) is 2.16. The Bertz CT molecular complexity index is 549. The minimum atomic E-state index is -2.82. The first kappa shape index (κ1) is 16.3. The number of fused-ring (bicyclic) bond motifs is 1. The number of imide groups is 1. The summed E-state index contributed by atoms with van der Waals surface area (Å²) in [7, 11) is 0. The van der Waals surface area contributed by atoms with E-state index in [0.29, 0.717) is 11.1 Å². The van der Waals surface area contributed by atoms with Crippen molar-refractivity contribution in [3.63, 3.8) is 0 Å². The number of carbonyl (C=O) groups is 3. The number of hydrogen-bond acceptors (Lipinski definition) is 4. The Balaban J connectivity index is 2.34. The van der Waals surface area contributed by atoms with Gasteiger partial charge in [-0.05, 0) is 0 Å². The van der Waals surface area contributed by atoms with Crippen molar-refractivity contribution in [3.8, 4) is 0 Å². The molecule has 0 aromatic heterocycles. The van der Waals surface area contributed by atoms with Gasteiger partial charge < -0.3 is 0 Å². The number of likely N-dealkylation sites (tertiary alicyclic amines) is 1. The van der Waals surface area contributed by atoms with Crippen molar-refractivity contribution in [2.45, 2.75) is 47.0 Å². The molecule has 0 N–H and O–H groups in total. The zero-order chi connectivity index (χ0) is 16.0. The van der Waals surface area contributed by atoms with Gasteiger partial charge in [-0.2, -0.15) is 0 Å². The summed E-state index contributed by atoms with van der Waals surface area (Å²) in [6, 6.07) is 0. The molecule has 1 aliphatic heterocycles. The molecule has 2 aliphatic rings. The van der Waals surface area contributed by atoms with Crippen LogP contribution in [-0.2, 0) is 17.5 Å². The molecule has 2 amide bonds. The molecule has 0 bridgehead atoms. The van der Waals surface area contributed by atoms with Crippen LogP contribution in [0.5, 0.6) is 0 Å². The Kier molecular flexibility index (Phi) is 4.08. The summed E-state index contributed by atoms with van der Waals surface area (Å²) in [5.74, 6) is -1.28. The SMILES string of the molecule is CC(C)(C(=O)[O][Sn]([CH3])([CH3])[CH3])N1C(=O)C2=CCCC=C2C1=O. The van der Waals surface area contributed by atoms with Gasteiger partial charge >= 0.3 is 129 Å². The van der Waals surface area contributed by atoms with Gasteiger partial charge in [-0.15, -0.1) is 0 Å². The Labute approximate surface area is 129 Å². The van der Waals surface area contributed by atoms with E-state index < -0.39 is 42.1 Å². The maximum atomic E-state index is 12.5. The fourth-order valence-electron chi connectivity index (χ4n) is 2.42. The minimum absolute atomic E-state index is 0.392. The zero-order valence-corrected chi connectivity index (χ0v) is 16.0. The Morgan fingerprint density at radius 1 is 1.10 bits per heavy atom. The molecule has 0 aromatic carbocycles. The third-order valence-electron chi connectivity index (χ3n) is 3.48. The van der Waals surface area contributed by atoms with Crippen molar-refractivity contribution < 1.29 is 17.5 Å². The fraction of sp³-hybridized carbons (Fsp3) is 0.533. The molecule has 0 unspecified atom stereocenters. The van der Waals surface area contributed by atoms with Crippen molar-refractivity contribution in [3.05, 3.63) is 23.3 Å². The van der Waals surface area contributed by atoms with Gasteiger partial charge in [-0.25, -0.2) is 0 Å². The molecule has 0 atom stereocenters. The summed E-state index contributed by atoms with van der Waals surface area (Å²) in [4.78, 5) is 44.3. The van der Waals surface area contributed by atoms with Crippen molar-refractivity contribution >= 4 is 36.6 Å². The Hall–Kier alpha value is -1.11. The standard InChI is InChI=1S/C12H13NO4.3CH3.Sn/c1-12(2,11(16)17)13-9(14)7-5-3-4-6-8(7)10(13)15;;;;/h5-6H,3-4H2,1-2H3,(H,16,17);3*1H3;/q;;;;+1/p-1. The molecule has 114 valence electrons. The van der Waals surface area contributed by atoms with Crippen LogP contribution in [0.15, 0.2) is 23.3 Å². The molecule has 0 spiro atoms. The van der Waals surface area contributed by atoms with E-state index in [1.807, 2.05) is 14.8 Å². The van der Waals surface area contributed by atoms with E-state index in [1.54, 1.807) is 26.0 Å². The van der Waals surface area contributed by atoms with E-state index in [2.05, 4.69) is 0 Å². The molecular formula is C15H21NO4Sn. The van der Waals surface area contributed by atoms with Crippen LogP contribution in [0.2, 0.25) is 14.8 Å². The first-order valence-corrected chi connectivity index (χ1v) is 16.8. The van der Waals surface area contributed by atoms with Gasteiger partial charge in [0.05, 0.1) is 0 Å². The molecule has 21 heavy (non-hydrogen) atoms. The topological polar surface area (TPSA) is 63.7 Å². The number of hydrogen-bond donors (Lipinski definition) is 0. The van der Waals surface area contributed by atoms with Crippen LogP contribution in [-0.4, -0.2) is 47.0 Å². The van der Waals surface area contributed by atoms with Crippen molar-refractivity contribution in [2.75, 3.05) is 0 Å². The molecule has 0 radical (unpaired) electrons. The average Bonchev–Trinajstić information content (AvgIpc) is 2.61. The zero-order valence-electron chi connectivity index (χ0n) is 13.1. The number of amides is 2. The molecule has 6 heteroatoms. The van der Waals surface area contributed by atoms with E-state index in [4.69, 9.17) is 3.07 Å². The van der Waals surface area contributed by atoms with Gasteiger partial charge in [0.2, 0.25) is 0 Å². The molecular weight excluding hydrogens is 377 g/mol. The van der Waals surface area contributed by atoms with E-state index in [1.165, 1.54) is 0 Å². The third kappa shape index (κ3) is 2.93. The van der Waals surface area contributed by atoms with Crippen LogP contribution in [0.1, 0.15) is 26.7 Å². The van der Waals surface area contributed by atoms with Crippen molar-refractivity contribution in [2.24, 2.45) is 0 Å². The van der Waals surface area contributed by atoms with Gasteiger partial charge in [-0.1, -0.05) is 0 Å². The van der Waals surface area contributed by atoms with Gasteiger partial charge in [0, 0.05) is 0 Å². The predicted molar refractivity (Wildman–Crippen MR) is 80.8 cm³/mol. The van der Waals surface area contributed by atoms with Crippen LogP contribution in [0.3, 0.4) is 0 Å². The second-order valence-electron chi connectivity index (χ2n) is 6.82. The fourth-order valence-corrected chi connectivity index (χ4v) is 4.72. The van der Waals surface area contributed by atoms with Crippen LogP contribution in [0.4, 0.5) is 0 Å². The number of nitrogens with zero attached hydrogens (tertiary/aromatic N) is 1. The van der Waals surface area contributed by atoms with Gasteiger partial charge in [0.1, 0.15) is 0 Å². The van der Waals surface area contributed by atoms with E-state index in [-0.39, 0.29) is 0 Å². The van der Waals surface area contributed by atoms with Crippen molar-refractivity contribution in [1.82, 2.24) is 4.90 Å². The first-order chi connectivity index (χ1) is 9.55. The number of rotatable bonds is 3. The third-order valence-corrected chi connectivity index (χ3v) is 5.76. The van der Waals surface area contributed by atoms with Gasteiger partial charge in [0.15, 0.2) is 0 Å². The molecule has 1 saturated heterocycles. The van der Waals surface area contributed by atoms with Crippen LogP contribution >= 0.6 is 0 Å². The van der Waals surface area contributed by atoms with E-state index in [0.717, 1.165) is 17.7 Å². The van der Waals surface area contributed by atoms with Crippen LogP contribution in [0.25, 0.3) is 0 Å². The molecule has 2 rings (SSSR count).